The van der Waals surface area contributed by atoms with E-state index in [2.05, 4.69) is 4.85 Å². The van der Waals surface area contributed by atoms with E-state index in [-0.39, 0.29) is 5.69 Å². The summed E-state index contributed by atoms with van der Waals surface area (Å²) in [5, 5.41) is 9.64. The van der Waals surface area contributed by atoms with Crippen LogP contribution in [-0.2, 0) is 5.60 Å². The summed E-state index contributed by atoms with van der Waals surface area (Å²) in [7, 11) is 0. The minimum atomic E-state index is -0.818. The van der Waals surface area contributed by atoms with Gasteiger partial charge in [0.05, 0.1) is 12.2 Å². The maximum absolute atomic E-state index is 13.1. The van der Waals surface area contributed by atoms with E-state index in [1.54, 1.807) is 6.07 Å². The molecule has 0 saturated heterocycles. The third-order valence-electron chi connectivity index (χ3n) is 2.33. The van der Waals surface area contributed by atoms with Gasteiger partial charge in [0.2, 0.25) is 5.69 Å². The summed E-state index contributed by atoms with van der Waals surface area (Å²) >= 11 is 0. The van der Waals surface area contributed by atoms with E-state index in [4.69, 9.17) is 6.57 Å². The standard InChI is InChI=1S/C10H8FNO/c1-12-9-3-2-7(6-8(9)11)10(13)4-5-10/h2-3,6,13H,4-5H2. The summed E-state index contributed by atoms with van der Waals surface area (Å²) in [5.74, 6) is -0.548. The Balaban J connectivity index is 2.43. The van der Waals surface area contributed by atoms with Crippen LogP contribution in [0.5, 0.6) is 0 Å². The zero-order valence-corrected chi connectivity index (χ0v) is 6.92. The second kappa shape index (κ2) is 2.54. The molecule has 0 unspecified atom stereocenters. The van der Waals surface area contributed by atoms with Crippen molar-refractivity contribution in [1.82, 2.24) is 0 Å². The smallest absolute Gasteiger partial charge is 0.222 e. The molecule has 3 heteroatoms. The van der Waals surface area contributed by atoms with Crippen LogP contribution < -0.4 is 0 Å². The zero-order valence-electron chi connectivity index (χ0n) is 6.92. The number of aliphatic hydroxyl groups is 1. The number of hydrogen-bond donors (Lipinski definition) is 1. The molecule has 0 aliphatic heterocycles. The minimum Gasteiger partial charge on any atom is -0.385 e. The molecular weight excluding hydrogens is 169 g/mol. The third-order valence-corrected chi connectivity index (χ3v) is 2.33. The van der Waals surface area contributed by atoms with Crippen molar-refractivity contribution in [3.8, 4) is 0 Å². The molecule has 1 aromatic carbocycles. The Kier molecular flexibility index (Phi) is 1.61. The quantitative estimate of drug-likeness (QED) is 0.654. The van der Waals surface area contributed by atoms with Crippen molar-refractivity contribution < 1.29 is 9.50 Å². The number of benzene rings is 1. The topological polar surface area (TPSA) is 24.6 Å². The molecule has 1 aromatic rings. The molecule has 0 heterocycles. The number of halogens is 1. The summed E-state index contributed by atoms with van der Waals surface area (Å²) in [6, 6.07) is 4.28. The van der Waals surface area contributed by atoms with Crippen LogP contribution in [0.15, 0.2) is 18.2 Å². The fourth-order valence-corrected chi connectivity index (χ4v) is 1.29. The summed E-state index contributed by atoms with van der Waals surface area (Å²) < 4.78 is 13.1. The van der Waals surface area contributed by atoms with Crippen LogP contribution >= 0.6 is 0 Å². The Morgan fingerprint density at radius 1 is 1.46 bits per heavy atom. The number of nitrogens with zero attached hydrogens (tertiary/aromatic N) is 1. The van der Waals surface area contributed by atoms with Gasteiger partial charge >= 0.3 is 0 Å². The van der Waals surface area contributed by atoms with Gasteiger partial charge in [0.15, 0.2) is 0 Å². The van der Waals surface area contributed by atoms with Crippen molar-refractivity contribution in [2.24, 2.45) is 0 Å². The summed E-state index contributed by atoms with van der Waals surface area (Å²) in [4.78, 5) is 3.01. The van der Waals surface area contributed by atoms with E-state index in [0.717, 1.165) is 0 Å². The van der Waals surface area contributed by atoms with Crippen molar-refractivity contribution in [1.29, 1.82) is 0 Å². The van der Waals surface area contributed by atoms with Gasteiger partial charge in [-0.1, -0.05) is 12.1 Å². The van der Waals surface area contributed by atoms with Gasteiger partial charge in [-0.05, 0) is 24.5 Å². The first kappa shape index (κ1) is 8.21. The van der Waals surface area contributed by atoms with Crippen molar-refractivity contribution in [3.63, 3.8) is 0 Å². The highest BCUT2D eigenvalue weighted by atomic mass is 19.1. The molecule has 0 aromatic heterocycles. The van der Waals surface area contributed by atoms with Gasteiger partial charge in [-0.2, -0.15) is 0 Å². The second-order valence-electron chi connectivity index (χ2n) is 3.31. The van der Waals surface area contributed by atoms with Crippen molar-refractivity contribution in [3.05, 3.63) is 41.0 Å². The summed E-state index contributed by atoms with van der Waals surface area (Å²) in [6.45, 7) is 6.65. The lowest BCUT2D eigenvalue weighted by molar-refractivity contribution is 0.151. The van der Waals surface area contributed by atoms with Crippen LogP contribution in [0.3, 0.4) is 0 Å². The van der Waals surface area contributed by atoms with E-state index in [0.29, 0.717) is 18.4 Å². The molecule has 0 bridgehead atoms. The highest BCUT2D eigenvalue weighted by molar-refractivity contribution is 5.48. The molecule has 0 radical (unpaired) electrons. The van der Waals surface area contributed by atoms with E-state index < -0.39 is 11.4 Å². The Hall–Kier alpha value is -1.40. The predicted molar refractivity (Wildman–Crippen MR) is 45.8 cm³/mol. The predicted octanol–water partition coefficient (Wildman–Crippen LogP) is 2.36. The van der Waals surface area contributed by atoms with Crippen LogP contribution in [0.25, 0.3) is 4.85 Å². The van der Waals surface area contributed by atoms with Gasteiger partial charge in [0.1, 0.15) is 5.82 Å². The number of hydrogen-bond acceptors (Lipinski definition) is 1. The van der Waals surface area contributed by atoms with Crippen LogP contribution in [0, 0.1) is 12.4 Å². The highest BCUT2D eigenvalue weighted by Crippen LogP contribution is 2.45. The molecule has 1 fully saturated rings. The van der Waals surface area contributed by atoms with E-state index in [9.17, 15) is 9.50 Å². The molecule has 1 aliphatic carbocycles. The third kappa shape index (κ3) is 1.30. The van der Waals surface area contributed by atoms with E-state index >= 15 is 0 Å². The van der Waals surface area contributed by atoms with Crippen molar-refractivity contribution in [2.75, 3.05) is 0 Å². The summed E-state index contributed by atoms with van der Waals surface area (Å²) in [6.07, 6.45) is 1.37. The van der Waals surface area contributed by atoms with Crippen molar-refractivity contribution >= 4 is 5.69 Å². The average molecular weight is 177 g/mol. The maximum Gasteiger partial charge on any atom is 0.222 e. The van der Waals surface area contributed by atoms with E-state index in [1.165, 1.54) is 12.1 Å². The Morgan fingerprint density at radius 3 is 2.62 bits per heavy atom. The van der Waals surface area contributed by atoms with Crippen LogP contribution in [0.2, 0.25) is 0 Å². The molecule has 2 nitrogen and oxygen atoms in total. The zero-order chi connectivity index (χ0) is 9.47. The lowest BCUT2D eigenvalue weighted by Crippen LogP contribution is -2.03. The molecule has 66 valence electrons. The largest absolute Gasteiger partial charge is 0.385 e. The van der Waals surface area contributed by atoms with Crippen LogP contribution in [-0.4, -0.2) is 5.11 Å². The molecule has 0 amide bonds. The molecule has 1 saturated carbocycles. The lowest BCUT2D eigenvalue weighted by Gasteiger charge is -2.07. The second-order valence-corrected chi connectivity index (χ2v) is 3.31. The van der Waals surface area contributed by atoms with Gasteiger partial charge in [-0.3, -0.25) is 0 Å². The summed E-state index contributed by atoms with van der Waals surface area (Å²) in [5.41, 5.74) is -0.230. The lowest BCUT2D eigenvalue weighted by atomic mass is 10.1. The average Bonchev–Trinajstić information content (AvgIpc) is 2.85. The fraction of sp³-hybridized carbons (Fsp3) is 0.300. The van der Waals surface area contributed by atoms with Crippen LogP contribution in [0.1, 0.15) is 18.4 Å². The Bertz CT molecular complexity index is 390. The monoisotopic (exact) mass is 177 g/mol. The van der Waals surface area contributed by atoms with Gasteiger partial charge in [0.25, 0.3) is 0 Å². The molecule has 2 rings (SSSR count). The molecule has 0 atom stereocenters. The van der Waals surface area contributed by atoms with Crippen LogP contribution in [0.4, 0.5) is 10.1 Å². The Morgan fingerprint density at radius 2 is 2.15 bits per heavy atom. The molecule has 0 spiro atoms. The normalized spacial score (nSPS) is 17.9. The molecular formula is C10H8FNO. The first-order valence-electron chi connectivity index (χ1n) is 4.05. The fourth-order valence-electron chi connectivity index (χ4n) is 1.29. The molecule has 1 N–H and O–H groups in total. The van der Waals surface area contributed by atoms with Gasteiger partial charge in [-0.25, -0.2) is 9.24 Å². The minimum absolute atomic E-state index is 0.00741. The first-order valence-corrected chi connectivity index (χ1v) is 4.05. The van der Waals surface area contributed by atoms with Gasteiger partial charge in [-0.15, -0.1) is 0 Å². The molecule has 1 aliphatic rings. The van der Waals surface area contributed by atoms with Crippen molar-refractivity contribution in [2.45, 2.75) is 18.4 Å². The number of rotatable bonds is 1. The molecule has 13 heavy (non-hydrogen) atoms. The maximum atomic E-state index is 13.1. The highest BCUT2D eigenvalue weighted by Gasteiger charge is 2.42. The van der Waals surface area contributed by atoms with Gasteiger partial charge < -0.3 is 5.11 Å². The first-order chi connectivity index (χ1) is 6.15. The van der Waals surface area contributed by atoms with E-state index in [1.807, 2.05) is 0 Å². The SMILES string of the molecule is [C-]#[N+]c1ccc(C2(O)CC2)cc1F. The van der Waals surface area contributed by atoms with Gasteiger partial charge in [0, 0.05) is 0 Å². The Labute approximate surface area is 75.4 Å².